The molecule has 1 amide bonds. The first-order valence-corrected chi connectivity index (χ1v) is 11.2. The molecule has 0 fully saturated rings. The van der Waals surface area contributed by atoms with E-state index in [9.17, 15) is 17.6 Å². The summed E-state index contributed by atoms with van der Waals surface area (Å²) in [5.74, 6) is -1.34. The lowest BCUT2D eigenvalue weighted by Gasteiger charge is -2.34. The van der Waals surface area contributed by atoms with Crippen molar-refractivity contribution in [3.8, 4) is 0 Å². The lowest BCUT2D eigenvalue weighted by atomic mass is 9.95. The van der Waals surface area contributed by atoms with Gasteiger partial charge in [-0.2, -0.15) is 4.31 Å². The molecular formula is C20H18FN3O3S2. The van der Waals surface area contributed by atoms with Gasteiger partial charge in [0.2, 0.25) is 15.9 Å². The Balaban J connectivity index is 1.74. The fourth-order valence-electron chi connectivity index (χ4n) is 3.36. The molecule has 4 rings (SSSR count). The van der Waals surface area contributed by atoms with Crippen molar-refractivity contribution >= 4 is 32.4 Å². The van der Waals surface area contributed by atoms with Gasteiger partial charge in [-0.05, 0) is 36.6 Å². The molecule has 0 saturated carbocycles. The molecule has 1 aliphatic rings. The fraction of sp³-hybridized carbons (Fsp3) is 0.200. The summed E-state index contributed by atoms with van der Waals surface area (Å²) in [5.41, 5.74) is 2.44. The molecule has 0 bridgehead atoms. The van der Waals surface area contributed by atoms with E-state index in [0.717, 1.165) is 27.2 Å². The lowest BCUT2D eigenvalue weighted by Crippen LogP contribution is -2.50. The summed E-state index contributed by atoms with van der Waals surface area (Å²) < 4.78 is 41.9. The third kappa shape index (κ3) is 3.81. The number of nitrogens with one attached hydrogen (secondary N) is 1. The number of thiazole rings is 1. The highest BCUT2D eigenvalue weighted by Crippen LogP contribution is 2.31. The average molecular weight is 432 g/mol. The summed E-state index contributed by atoms with van der Waals surface area (Å²) in [6, 6.07) is 11.5. The number of anilines is 1. The molecule has 0 radical (unpaired) electrons. The Morgan fingerprint density at radius 2 is 1.86 bits per heavy atom. The number of nitrogens with zero attached hydrogens (tertiary/aromatic N) is 2. The van der Waals surface area contributed by atoms with Gasteiger partial charge in [-0.1, -0.05) is 36.4 Å². The highest BCUT2D eigenvalue weighted by atomic mass is 32.2. The van der Waals surface area contributed by atoms with Crippen molar-refractivity contribution in [3.05, 3.63) is 76.5 Å². The van der Waals surface area contributed by atoms with Crippen molar-refractivity contribution in [1.29, 1.82) is 0 Å². The number of carbonyl (C=O) groups is 1. The number of hydrogen-bond acceptors (Lipinski definition) is 5. The number of amides is 1. The van der Waals surface area contributed by atoms with Crippen molar-refractivity contribution < 1.29 is 17.6 Å². The van der Waals surface area contributed by atoms with Crippen molar-refractivity contribution in [1.82, 2.24) is 9.29 Å². The van der Waals surface area contributed by atoms with Crippen LogP contribution in [0.3, 0.4) is 0 Å². The molecule has 9 heteroatoms. The molecule has 3 aromatic rings. The Kier molecular flexibility index (Phi) is 5.20. The van der Waals surface area contributed by atoms with Crippen molar-refractivity contribution in [2.75, 3.05) is 5.32 Å². The zero-order valence-corrected chi connectivity index (χ0v) is 17.1. The molecule has 2 heterocycles. The third-order valence-corrected chi connectivity index (χ3v) is 7.54. The molecule has 2 aromatic carbocycles. The van der Waals surface area contributed by atoms with Gasteiger partial charge in [0.1, 0.15) is 16.8 Å². The molecule has 1 N–H and O–H groups in total. The molecule has 0 saturated heterocycles. The molecule has 6 nitrogen and oxygen atoms in total. The minimum absolute atomic E-state index is 0.0121. The summed E-state index contributed by atoms with van der Waals surface area (Å²) >= 11 is 1.26. The normalized spacial score (nSPS) is 17.0. The van der Waals surface area contributed by atoms with Crippen LogP contribution in [-0.4, -0.2) is 29.7 Å². The smallest absolute Gasteiger partial charge is 0.247 e. The molecule has 29 heavy (non-hydrogen) atoms. The second-order valence-corrected chi connectivity index (χ2v) is 9.47. The maximum Gasteiger partial charge on any atom is 0.247 e. The van der Waals surface area contributed by atoms with Crippen molar-refractivity contribution in [2.45, 2.75) is 30.8 Å². The predicted molar refractivity (Wildman–Crippen MR) is 109 cm³/mol. The van der Waals surface area contributed by atoms with Crippen molar-refractivity contribution in [2.24, 2.45) is 0 Å². The van der Waals surface area contributed by atoms with Crippen LogP contribution < -0.4 is 5.32 Å². The van der Waals surface area contributed by atoms with Crippen LogP contribution in [0, 0.1) is 12.7 Å². The van der Waals surface area contributed by atoms with E-state index in [-0.39, 0.29) is 13.0 Å². The van der Waals surface area contributed by atoms with Crippen LogP contribution >= 0.6 is 11.3 Å². The molecule has 0 spiro atoms. The SMILES string of the molecule is Cc1csc(NC(=O)[C@@H]2Cc3ccccc3CN2S(=O)(=O)c2ccccc2F)n1. The second-order valence-electron chi connectivity index (χ2n) is 6.75. The molecule has 150 valence electrons. The fourth-order valence-corrected chi connectivity index (χ4v) is 5.68. The number of sulfonamides is 1. The number of aromatic nitrogens is 1. The number of carbonyl (C=O) groups excluding carboxylic acids is 1. The molecular weight excluding hydrogens is 413 g/mol. The Morgan fingerprint density at radius 3 is 2.55 bits per heavy atom. The second kappa shape index (κ2) is 7.66. The van der Waals surface area contributed by atoms with Gasteiger partial charge in [0.15, 0.2) is 5.13 Å². The van der Waals surface area contributed by atoms with E-state index in [0.29, 0.717) is 5.13 Å². The summed E-state index contributed by atoms with van der Waals surface area (Å²) in [5, 5.41) is 4.89. The van der Waals surface area contributed by atoms with E-state index in [2.05, 4.69) is 10.3 Å². The quantitative estimate of drug-likeness (QED) is 0.687. The van der Waals surface area contributed by atoms with E-state index >= 15 is 0 Å². The standard InChI is InChI=1S/C20H18FN3O3S2/c1-13-12-28-20(22-13)23-19(25)17-10-14-6-2-3-7-15(14)11-24(17)29(26,27)18-9-5-4-8-16(18)21/h2-9,12,17H,10-11H2,1H3,(H,22,23,25)/t17-/m0/s1. The van der Waals surface area contributed by atoms with Gasteiger partial charge in [0.25, 0.3) is 0 Å². The largest absolute Gasteiger partial charge is 0.301 e. The Labute approximate surface area is 172 Å². The van der Waals surface area contributed by atoms with Crippen LogP contribution in [0.5, 0.6) is 0 Å². The maximum atomic E-state index is 14.3. The minimum Gasteiger partial charge on any atom is -0.301 e. The van der Waals surface area contributed by atoms with Gasteiger partial charge in [-0.3, -0.25) is 4.79 Å². The predicted octanol–water partition coefficient (Wildman–Crippen LogP) is 3.34. The number of fused-ring (bicyclic) bond motifs is 1. The van der Waals surface area contributed by atoms with Crippen LogP contribution in [0.15, 0.2) is 58.8 Å². The number of rotatable bonds is 4. The Bertz CT molecular complexity index is 1180. The topological polar surface area (TPSA) is 79.4 Å². The molecule has 1 aliphatic heterocycles. The zero-order valence-electron chi connectivity index (χ0n) is 15.5. The minimum atomic E-state index is -4.24. The maximum absolute atomic E-state index is 14.3. The van der Waals surface area contributed by atoms with Gasteiger partial charge in [-0.25, -0.2) is 17.8 Å². The van der Waals surface area contributed by atoms with Gasteiger partial charge in [-0.15, -0.1) is 11.3 Å². The van der Waals surface area contributed by atoms with Crippen LogP contribution in [0.4, 0.5) is 9.52 Å². The average Bonchev–Trinajstić information content (AvgIpc) is 3.11. The first-order chi connectivity index (χ1) is 13.9. The van der Waals surface area contributed by atoms with Gasteiger partial charge in [0, 0.05) is 11.9 Å². The third-order valence-electron chi connectivity index (χ3n) is 4.78. The van der Waals surface area contributed by atoms with Gasteiger partial charge >= 0.3 is 0 Å². The number of benzene rings is 2. The summed E-state index contributed by atoms with van der Waals surface area (Å²) in [4.78, 5) is 16.8. The summed E-state index contributed by atoms with van der Waals surface area (Å²) in [6.07, 6.45) is 0.194. The zero-order chi connectivity index (χ0) is 20.6. The van der Waals surface area contributed by atoms with E-state index < -0.39 is 32.7 Å². The molecule has 1 aromatic heterocycles. The molecule has 1 atom stereocenters. The van der Waals surface area contributed by atoms with Crippen LogP contribution in [0.25, 0.3) is 0 Å². The van der Waals surface area contributed by atoms with E-state index in [4.69, 9.17) is 0 Å². The Morgan fingerprint density at radius 1 is 1.17 bits per heavy atom. The Hall–Kier alpha value is -2.62. The highest BCUT2D eigenvalue weighted by Gasteiger charge is 2.40. The molecule has 0 unspecified atom stereocenters. The molecule has 0 aliphatic carbocycles. The number of halogens is 1. The van der Waals surface area contributed by atoms with E-state index in [1.807, 2.05) is 24.3 Å². The summed E-state index contributed by atoms with van der Waals surface area (Å²) in [7, 11) is -4.24. The van der Waals surface area contributed by atoms with Gasteiger partial charge in [0.05, 0.1) is 5.69 Å². The van der Waals surface area contributed by atoms with Gasteiger partial charge < -0.3 is 5.32 Å². The first kappa shape index (κ1) is 19.7. The van der Waals surface area contributed by atoms with E-state index in [1.54, 1.807) is 12.3 Å². The lowest BCUT2D eigenvalue weighted by molar-refractivity contribution is -0.120. The van der Waals surface area contributed by atoms with Crippen LogP contribution in [0.2, 0.25) is 0 Å². The van der Waals surface area contributed by atoms with Crippen LogP contribution in [0.1, 0.15) is 16.8 Å². The number of hydrogen-bond donors (Lipinski definition) is 1. The highest BCUT2D eigenvalue weighted by molar-refractivity contribution is 7.89. The van der Waals surface area contributed by atoms with Crippen molar-refractivity contribution in [3.63, 3.8) is 0 Å². The van der Waals surface area contributed by atoms with E-state index in [1.165, 1.54) is 29.5 Å². The van der Waals surface area contributed by atoms with Crippen LogP contribution in [-0.2, 0) is 27.8 Å². The number of aryl methyl sites for hydroxylation is 1. The summed E-state index contributed by atoms with van der Waals surface area (Å²) in [6.45, 7) is 1.79. The first-order valence-electron chi connectivity index (χ1n) is 8.92. The monoisotopic (exact) mass is 431 g/mol.